The standard InChI is InChI=1S/C18H26P2/c1-13-7-19(8-14(13)2)11-17-5-6-18(17)12-20-9-15(3)16(4)10-20/h7-10,17-18H,5-6,11-12H2,1-4H3/t17-,18-/m0/s1. The van der Waals surface area contributed by atoms with E-state index in [1.807, 2.05) is 0 Å². The zero-order valence-corrected chi connectivity index (χ0v) is 15.0. The number of hydrogen-bond donors (Lipinski definition) is 0. The predicted molar refractivity (Wildman–Crippen MR) is 93.5 cm³/mol. The topological polar surface area (TPSA) is 0 Å². The van der Waals surface area contributed by atoms with Crippen LogP contribution >= 0.6 is 15.1 Å². The van der Waals surface area contributed by atoms with Gasteiger partial charge in [-0.2, -0.15) is 0 Å². The van der Waals surface area contributed by atoms with Gasteiger partial charge in [-0.25, -0.2) is 0 Å². The molecule has 1 fully saturated rings. The van der Waals surface area contributed by atoms with Crippen LogP contribution in [0.4, 0.5) is 0 Å². The Bertz CT molecular complexity index is 510. The molecular weight excluding hydrogens is 278 g/mol. The van der Waals surface area contributed by atoms with Crippen molar-refractivity contribution >= 4 is 15.1 Å². The van der Waals surface area contributed by atoms with Crippen molar-refractivity contribution in [3.8, 4) is 0 Å². The zero-order valence-electron chi connectivity index (χ0n) is 13.2. The summed E-state index contributed by atoms with van der Waals surface area (Å²) in [6, 6.07) is 0. The summed E-state index contributed by atoms with van der Waals surface area (Å²) in [5.74, 6) is 12.2. The van der Waals surface area contributed by atoms with Crippen LogP contribution in [-0.2, 0) is 12.3 Å². The summed E-state index contributed by atoms with van der Waals surface area (Å²) in [5.41, 5.74) is 6.13. The first kappa shape index (κ1) is 14.5. The van der Waals surface area contributed by atoms with Crippen molar-refractivity contribution in [1.82, 2.24) is 0 Å². The van der Waals surface area contributed by atoms with Crippen molar-refractivity contribution in [2.24, 2.45) is 11.8 Å². The van der Waals surface area contributed by atoms with Crippen molar-refractivity contribution in [3.05, 3.63) is 45.4 Å². The Morgan fingerprint density at radius 2 is 1.00 bits per heavy atom. The Morgan fingerprint density at radius 3 is 1.25 bits per heavy atom. The van der Waals surface area contributed by atoms with Gasteiger partial charge >= 0.3 is 0 Å². The van der Waals surface area contributed by atoms with Gasteiger partial charge in [-0.05, 0) is 110 Å². The summed E-state index contributed by atoms with van der Waals surface area (Å²) in [5, 5.41) is 0. The maximum absolute atomic E-state index is 2.55. The molecule has 20 heavy (non-hydrogen) atoms. The highest BCUT2D eigenvalue weighted by Crippen LogP contribution is 2.49. The molecule has 0 unspecified atom stereocenters. The minimum absolute atomic E-state index is 0.0723. The van der Waals surface area contributed by atoms with E-state index in [4.69, 9.17) is 0 Å². The van der Waals surface area contributed by atoms with E-state index in [1.54, 1.807) is 0 Å². The quantitative estimate of drug-likeness (QED) is 0.595. The number of rotatable bonds is 4. The molecule has 1 aliphatic rings. The Labute approximate surface area is 125 Å². The predicted octanol–water partition coefficient (Wildman–Crippen LogP) is 6.62. The van der Waals surface area contributed by atoms with Crippen molar-refractivity contribution in [1.29, 1.82) is 0 Å². The largest absolute Gasteiger partial charge is 0.124 e. The summed E-state index contributed by atoms with van der Waals surface area (Å²) < 4.78 is 0. The van der Waals surface area contributed by atoms with Gasteiger partial charge in [-0.15, -0.1) is 15.1 Å². The second-order valence-corrected chi connectivity index (χ2v) is 10.6. The smallest absolute Gasteiger partial charge is 0.0110 e. The molecule has 1 saturated carbocycles. The Hall–Kier alpha value is -0.440. The minimum atomic E-state index is 0.0723. The zero-order chi connectivity index (χ0) is 14.3. The Kier molecular flexibility index (Phi) is 4.16. The summed E-state index contributed by atoms with van der Waals surface area (Å²) in [4.78, 5) is 0. The van der Waals surface area contributed by atoms with Crippen LogP contribution in [0.2, 0.25) is 0 Å². The molecular formula is C18H26P2. The van der Waals surface area contributed by atoms with Gasteiger partial charge in [0.15, 0.2) is 0 Å². The lowest BCUT2D eigenvalue weighted by atomic mass is 9.76. The van der Waals surface area contributed by atoms with Gasteiger partial charge in [0, 0.05) is 0 Å². The fourth-order valence-corrected chi connectivity index (χ4v) is 8.77. The highest BCUT2D eigenvalue weighted by atomic mass is 31.1. The maximum atomic E-state index is 2.55. The molecule has 2 heteroatoms. The van der Waals surface area contributed by atoms with Crippen LogP contribution in [0, 0.1) is 39.5 Å². The van der Waals surface area contributed by atoms with E-state index in [9.17, 15) is 0 Å². The molecule has 2 atom stereocenters. The molecule has 108 valence electrons. The summed E-state index contributed by atoms with van der Waals surface area (Å²) >= 11 is 0. The van der Waals surface area contributed by atoms with Gasteiger partial charge < -0.3 is 0 Å². The van der Waals surface area contributed by atoms with E-state index in [-0.39, 0.29) is 15.1 Å². The molecule has 2 aromatic rings. The van der Waals surface area contributed by atoms with Gasteiger partial charge in [0.2, 0.25) is 0 Å². The average Bonchev–Trinajstić information content (AvgIpc) is 2.86. The molecule has 0 N–H and O–H groups in total. The fraction of sp³-hybridized carbons (Fsp3) is 0.556. The monoisotopic (exact) mass is 304 g/mol. The molecule has 0 saturated heterocycles. The van der Waals surface area contributed by atoms with Gasteiger partial charge in [0.1, 0.15) is 0 Å². The lowest BCUT2D eigenvalue weighted by Gasteiger charge is -2.37. The number of aryl methyl sites for hydroxylation is 4. The molecule has 0 nitrogen and oxygen atoms in total. The van der Waals surface area contributed by atoms with Gasteiger partial charge in [0.25, 0.3) is 0 Å². The van der Waals surface area contributed by atoms with Gasteiger partial charge in [0.05, 0.1) is 0 Å². The van der Waals surface area contributed by atoms with Crippen molar-refractivity contribution in [3.63, 3.8) is 0 Å². The van der Waals surface area contributed by atoms with Crippen LogP contribution in [0.15, 0.2) is 23.2 Å². The van der Waals surface area contributed by atoms with E-state index in [1.165, 1.54) is 47.4 Å². The van der Waals surface area contributed by atoms with E-state index >= 15 is 0 Å². The van der Waals surface area contributed by atoms with E-state index in [2.05, 4.69) is 50.9 Å². The average molecular weight is 304 g/mol. The molecule has 0 bridgehead atoms. The number of hydrogen-bond acceptors (Lipinski definition) is 0. The fourth-order valence-electron chi connectivity index (χ4n) is 3.35. The van der Waals surface area contributed by atoms with Crippen LogP contribution in [0.1, 0.15) is 35.1 Å². The lowest BCUT2D eigenvalue weighted by Crippen LogP contribution is -2.26. The van der Waals surface area contributed by atoms with Crippen LogP contribution in [0.5, 0.6) is 0 Å². The first-order chi connectivity index (χ1) is 9.52. The molecule has 2 aromatic heterocycles. The summed E-state index contributed by atoms with van der Waals surface area (Å²) in [6.45, 7) is 9.09. The Balaban J connectivity index is 1.61. The molecule has 2 heterocycles. The normalized spacial score (nSPS) is 22.0. The Morgan fingerprint density at radius 1 is 0.700 bits per heavy atom. The molecule has 0 radical (unpaired) electrons. The summed E-state index contributed by atoms with van der Waals surface area (Å²) in [6.07, 6.45) is 5.89. The second kappa shape index (κ2) is 5.75. The van der Waals surface area contributed by atoms with Crippen molar-refractivity contribution < 1.29 is 0 Å². The van der Waals surface area contributed by atoms with Crippen LogP contribution in [0.3, 0.4) is 0 Å². The molecule has 3 rings (SSSR count). The molecule has 0 spiro atoms. The highest BCUT2D eigenvalue weighted by molar-refractivity contribution is 7.48. The summed E-state index contributed by atoms with van der Waals surface area (Å²) in [7, 11) is 0.145. The lowest BCUT2D eigenvalue weighted by molar-refractivity contribution is 0.199. The molecule has 1 aliphatic carbocycles. The minimum Gasteiger partial charge on any atom is -0.124 e. The first-order valence-corrected chi connectivity index (χ1v) is 11.1. The first-order valence-electron chi connectivity index (χ1n) is 7.79. The third kappa shape index (κ3) is 2.93. The second-order valence-electron chi connectivity index (χ2n) is 6.74. The van der Waals surface area contributed by atoms with Crippen LogP contribution < -0.4 is 0 Å². The van der Waals surface area contributed by atoms with E-state index in [0.29, 0.717) is 0 Å². The van der Waals surface area contributed by atoms with Crippen LogP contribution in [-0.4, -0.2) is 0 Å². The molecule has 0 aliphatic heterocycles. The van der Waals surface area contributed by atoms with Crippen molar-refractivity contribution in [2.75, 3.05) is 0 Å². The van der Waals surface area contributed by atoms with E-state index in [0.717, 1.165) is 11.8 Å². The van der Waals surface area contributed by atoms with Crippen LogP contribution in [0.25, 0.3) is 0 Å². The highest BCUT2D eigenvalue weighted by Gasteiger charge is 2.31. The van der Waals surface area contributed by atoms with Gasteiger partial charge in [-0.3, -0.25) is 0 Å². The SMILES string of the molecule is Cc1cp(C[C@@H]2CC[C@H]2Cp2cc(C)c(C)c2)cc1C. The molecule has 0 aromatic carbocycles. The van der Waals surface area contributed by atoms with E-state index < -0.39 is 0 Å². The third-order valence-electron chi connectivity index (χ3n) is 5.15. The van der Waals surface area contributed by atoms with Gasteiger partial charge in [-0.1, -0.05) is 0 Å². The maximum Gasteiger partial charge on any atom is -0.0110 e. The third-order valence-corrected chi connectivity index (χ3v) is 9.80. The molecule has 0 amide bonds. The van der Waals surface area contributed by atoms with Crippen molar-refractivity contribution in [2.45, 2.75) is 52.9 Å².